The van der Waals surface area contributed by atoms with Crippen molar-refractivity contribution in [2.24, 2.45) is 0 Å². The normalized spacial score (nSPS) is 21.2. The van der Waals surface area contributed by atoms with Crippen LogP contribution in [-0.2, 0) is 29.0 Å². The number of rotatable bonds is 6. The Morgan fingerprint density at radius 2 is 1.75 bits per heavy atom. The number of hydrogen-bond acceptors (Lipinski definition) is 3. The molecular weight excluding hydrogens is 400 g/mol. The van der Waals surface area contributed by atoms with Crippen molar-refractivity contribution in [3.8, 4) is 0 Å². The number of hydrogen-bond donors (Lipinski definition) is 1. The third-order valence-corrected chi connectivity index (χ3v) is 7.17. The second kappa shape index (κ2) is 9.86. The summed E-state index contributed by atoms with van der Waals surface area (Å²) in [6.45, 7) is 5.38. The van der Waals surface area contributed by atoms with E-state index in [2.05, 4.69) is 54.3 Å². The highest BCUT2D eigenvalue weighted by Crippen LogP contribution is 2.36. The molecule has 1 unspecified atom stereocenters. The van der Waals surface area contributed by atoms with Gasteiger partial charge in [-0.15, -0.1) is 0 Å². The number of amides is 1. The molecule has 0 aromatic heterocycles. The van der Waals surface area contributed by atoms with Gasteiger partial charge in [-0.05, 0) is 55.8 Å². The highest BCUT2D eigenvalue weighted by atomic mass is 16.4. The van der Waals surface area contributed by atoms with E-state index in [0.29, 0.717) is 13.1 Å². The Labute approximate surface area is 191 Å². The second-order valence-corrected chi connectivity index (χ2v) is 9.49. The molecule has 1 spiro atoms. The SMILES string of the molecule is Cc1ccc(CCN2CCCCC23Cc2ccccc2CN(C(=O)CCC(=O)O)C3)cc1. The van der Waals surface area contributed by atoms with Crippen LogP contribution in [0.25, 0.3) is 0 Å². The van der Waals surface area contributed by atoms with E-state index in [1.54, 1.807) is 0 Å². The van der Waals surface area contributed by atoms with Gasteiger partial charge in [0.2, 0.25) is 5.91 Å². The summed E-state index contributed by atoms with van der Waals surface area (Å²) in [5.41, 5.74) is 5.05. The molecule has 2 aliphatic rings. The fraction of sp³-hybridized carbons (Fsp3) is 0.481. The number of aryl methyl sites for hydroxylation is 1. The summed E-state index contributed by atoms with van der Waals surface area (Å²) in [5.74, 6) is -0.965. The number of likely N-dealkylation sites (tertiary alicyclic amines) is 1. The van der Waals surface area contributed by atoms with Crippen LogP contribution in [0.1, 0.15) is 54.4 Å². The first-order chi connectivity index (χ1) is 15.4. The molecule has 0 aliphatic carbocycles. The van der Waals surface area contributed by atoms with Gasteiger partial charge in [-0.25, -0.2) is 0 Å². The number of carbonyl (C=O) groups excluding carboxylic acids is 1. The summed E-state index contributed by atoms with van der Waals surface area (Å²) < 4.78 is 0. The number of carboxylic acids is 1. The lowest BCUT2D eigenvalue weighted by molar-refractivity contribution is -0.142. The Bertz CT molecular complexity index is 956. The number of benzene rings is 2. The third kappa shape index (κ3) is 5.21. The number of piperidine rings is 1. The lowest BCUT2D eigenvalue weighted by Gasteiger charge is -2.49. The fourth-order valence-electron chi connectivity index (χ4n) is 5.36. The molecule has 1 fully saturated rings. The Hall–Kier alpha value is -2.66. The molecule has 1 amide bonds. The van der Waals surface area contributed by atoms with E-state index >= 15 is 0 Å². The molecule has 2 aromatic carbocycles. The molecule has 32 heavy (non-hydrogen) atoms. The number of nitrogens with zero attached hydrogens (tertiary/aromatic N) is 2. The van der Waals surface area contributed by atoms with E-state index in [-0.39, 0.29) is 24.3 Å². The predicted octanol–water partition coefficient (Wildman–Crippen LogP) is 4.21. The Balaban J connectivity index is 1.59. The molecule has 2 aromatic rings. The van der Waals surface area contributed by atoms with Crippen LogP contribution in [0.2, 0.25) is 0 Å². The standard InChI is InChI=1S/C27H34N2O3/c1-21-8-10-22(11-9-21)14-17-29-16-5-4-15-27(29)18-23-6-2-3-7-24(23)19-28(20-27)25(30)12-13-26(31)32/h2-3,6-11H,4-5,12-20H2,1H3,(H,31,32). The summed E-state index contributed by atoms with van der Waals surface area (Å²) in [7, 11) is 0. The van der Waals surface area contributed by atoms with Crippen LogP contribution >= 0.6 is 0 Å². The Morgan fingerprint density at radius 1 is 1.00 bits per heavy atom. The molecule has 2 aliphatic heterocycles. The monoisotopic (exact) mass is 434 g/mol. The third-order valence-electron chi connectivity index (χ3n) is 7.17. The van der Waals surface area contributed by atoms with Gasteiger partial charge >= 0.3 is 5.97 Å². The van der Waals surface area contributed by atoms with E-state index in [4.69, 9.17) is 5.11 Å². The smallest absolute Gasteiger partial charge is 0.303 e. The summed E-state index contributed by atoms with van der Waals surface area (Å²) in [6.07, 6.45) is 5.32. The summed E-state index contributed by atoms with van der Waals surface area (Å²) in [4.78, 5) is 28.7. The van der Waals surface area contributed by atoms with Crippen molar-refractivity contribution < 1.29 is 14.7 Å². The molecule has 1 saturated heterocycles. The molecule has 5 nitrogen and oxygen atoms in total. The highest BCUT2D eigenvalue weighted by Gasteiger charge is 2.43. The minimum absolute atomic E-state index is 0.0486. The number of aliphatic carboxylic acids is 1. The summed E-state index contributed by atoms with van der Waals surface area (Å²) in [6, 6.07) is 17.2. The molecule has 0 radical (unpaired) electrons. The minimum Gasteiger partial charge on any atom is -0.481 e. The lowest BCUT2D eigenvalue weighted by Crippen LogP contribution is -2.59. The Kier molecular flexibility index (Phi) is 6.95. The van der Waals surface area contributed by atoms with Gasteiger partial charge in [0, 0.05) is 31.6 Å². The first-order valence-electron chi connectivity index (χ1n) is 11.8. The van der Waals surface area contributed by atoms with Crippen LogP contribution in [0.4, 0.5) is 0 Å². The van der Waals surface area contributed by atoms with Gasteiger partial charge in [-0.1, -0.05) is 60.5 Å². The van der Waals surface area contributed by atoms with Crippen LogP contribution in [0, 0.1) is 6.92 Å². The first-order valence-corrected chi connectivity index (χ1v) is 11.8. The quantitative estimate of drug-likeness (QED) is 0.740. The van der Waals surface area contributed by atoms with Crippen molar-refractivity contribution in [3.63, 3.8) is 0 Å². The van der Waals surface area contributed by atoms with Gasteiger partial charge in [0.25, 0.3) is 0 Å². The van der Waals surface area contributed by atoms with Crippen molar-refractivity contribution in [3.05, 3.63) is 70.8 Å². The summed E-state index contributed by atoms with van der Waals surface area (Å²) in [5, 5.41) is 9.07. The van der Waals surface area contributed by atoms with Crippen LogP contribution in [-0.4, -0.2) is 52.0 Å². The van der Waals surface area contributed by atoms with E-state index in [1.165, 1.54) is 35.1 Å². The van der Waals surface area contributed by atoms with Crippen molar-refractivity contribution in [1.82, 2.24) is 9.80 Å². The van der Waals surface area contributed by atoms with Crippen LogP contribution in [0.5, 0.6) is 0 Å². The largest absolute Gasteiger partial charge is 0.481 e. The highest BCUT2D eigenvalue weighted by molar-refractivity contribution is 5.81. The molecule has 1 atom stereocenters. The molecule has 0 bridgehead atoms. The molecule has 0 saturated carbocycles. The number of carboxylic acid groups (broad SMARTS) is 1. The van der Waals surface area contributed by atoms with Crippen molar-refractivity contribution in [2.75, 3.05) is 19.6 Å². The topological polar surface area (TPSA) is 60.9 Å². The van der Waals surface area contributed by atoms with Gasteiger partial charge in [-0.2, -0.15) is 0 Å². The van der Waals surface area contributed by atoms with Gasteiger partial charge in [0.05, 0.1) is 6.42 Å². The van der Waals surface area contributed by atoms with E-state index in [0.717, 1.165) is 32.4 Å². The zero-order valence-electron chi connectivity index (χ0n) is 19.1. The average Bonchev–Trinajstić information content (AvgIpc) is 2.95. The fourth-order valence-corrected chi connectivity index (χ4v) is 5.36. The van der Waals surface area contributed by atoms with Crippen LogP contribution in [0.15, 0.2) is 48.5 Å². The summed E-state index contributed by atoms with van der Waals surface area (Å²) >= 11 is 0. The van der Waals surface area contributed by atoms with Gasteiger partial charge in [-0.3, -0.25) is 14.5 Å². The van der Waals surface area contributed by atoms with Crippen molar-refractivity contribution in [1.29, 1.82) is 0 Å². The van der Waals surface area contributed by atoms with E-state index < -0.39 is 5.97 Å². The van der Waals surface area contributed by atoms with E-state index in [1.807, 2.05) is 11.0 Å². The molecular formula is C27H34N2O3. The zero-order chi connectivity index (χ0) is 22.6. The van der Waals surface area contributed by atoms with Gasteiger partial charge in [0.15, 0.2) is 0 Å². The maximum atomic E-state index is 13.1. The molecule has 1 N–H and O–H groups in total. The maximum Gasteiger partial charge on any atom is 0.303 e. The zero-order valence-corrected chi connectivity index (χ0v) is 19.1. The first kappa shape index (κ1) is 22.5. The average molecular weight is 435 g/mol. The van der Waals surface area contributed by atoms with Gasteiger partial charge < -0.3 is 10.0 Å². The lowest BCUT2D eigenvalue weighted by atomic mass is 9.80. The van der Waals surface area contributed by atoms with Gasteiger partial charge in [0.1, 0.15) is 0 Å². The second-order valence-electron chi connectivity index (χ2n) is 9.49. The predicted molar refractivity (Wildman–Crippen MR) is 125 cm³/mol. The number of carbonyl (C=O) groups is 2. The molecule has 2 heterocycles. The minimum atomic E-state index is -0.916. The van der Waals surface area contributed by atoms with E-state index in [9.17, 15) is 9.59 Å². The molecule has 170 valence electrons. The van der Waals surface area contributed by atoms with Crippen molar-refractivity contribution >= 4 is 11.9 Å². The number of fused-ring (bicyclic) bond motifs is 1. The maximum absolute atomic E-state index is 13.1. The van der Waals surface area contributed by atoms with Crippen molar-refractivity contribution in [2.45, 2.75) is 64.0 Å². The van der Waals surface area contributed by atoms with Crippen LogP contribution in [0.3, 0.4) is 0 Å². The Morgan fingerprint density at radius 3 is 2.50 bits per heavy atom. The van der Waals surface area contributed by atoms with Crippen LogP contribution < -0.4 is 0 Å². The molecule has 4 rings (SSSR count). The molecule has 5 heteroatoms.